The standard InChI is InChI=1S/C30H52O3/c1-25(2)13-9-14-28(6)22-11-10-21-27(5)15-12-18(26(3,4)33)23(27)19(31)16-29(21,7)30(22,8)17-20(32)24(25)28/h18-24,31-33H,9-17H2,1-8H3. The molecular formula is C30H52O3. The molecule has 0 amide bonds. The molecule has 0 heterocycles. The van der Waals surface area contributed by atoms with Gasteiger partial charge in [0.25, 0.3) is 0 Å². The van der Waals surface area contributed by atoms with Gasteiger partial charge in [-0.25, -0.2) is 0 Å². The van der Waals surface area contributed by atoms with Crippen LogP contribution in [0.1, 0.15) is 113 Å². The van der Waals surface area contributed by atoms with Crippen molar-refractivity contribution in [3.8, 4) is 0 Å². The minimum atomic E-state index is -0.742. The van der Waals surface area contributed by atoms with Crippen LogP contribution in [-0.2, 0) is 0 Å². The van der Waals surface area contributed by atoms with Crippen LogP contribution >= 0.6 is 0 Å². The van der Waals surface area contributed by atoms with Crippen LogP contribution in [0, 0.1) is 56.7 Å². The highest BCUT2D eigenvalue weighted by atomic mass is 16.3. The highest BCUT2D eigenvalue weighted by molar-refractivity contribution is 5.22. The predicted octanol–water partition coefficient (Wildman–Crippen LogP) is 6.19. The van der Waals surface area contributed by atoms with Gasteiger partial charge >= 0.3 is 0 Å². The van der Waals surface area contributed by atoms with Crippen molar-refractivity contribution in [2.24, 2.45) is 56.7 Å². The molecule has 11 unspecified atom stereocenters. The maximum Gasteiger partial charge on any atom is 0.0623 e. The number of aliphatic hydroxyl groups excluding tert-OH is 2. The first-order valence-electron chi connectivity index (χ1n) is 14.1. The Bertz CT molecular complexity index is 799. The average molecular weight is 461 g/mol. The summed E-state index contributed by atoms with van der Waals surface area (Å²) in [5.74, 6) is 1.89. The molecule has 5 fully saturated rings. The summed E-state index contributed by atoms with van der Waals surface area (Å²) in [6.07, 6.45) is 9.47. The third-order valence-electron chi connectivity index (χ3n) is 13.4. The molecule has 0 bridgehead atoms. The van der Waals surface area contributed by atoms with Crippen molar-refractivity contribution in [1.82, 2.24) is 0 Å². The summed E-state index contributed by atoms with van der Waals surface area (Å²) in [6.45, 7) is 18.7. The first-order chi connectivity index (χ1) is 15.0. The maximum absolute atomic E-state index is 11.8. The van der Waals surface area contributed by atoms with E-state index >= 15 is 0 Å². The van der Waals surface area contributed by atoms with Crippen molar-refractivity contribution < 1.29 is 15.3 Å². The zero-order chi connectivity index (χ0) is 24.4. The van der Waals surface area contributed by atoms with Gasteiger partial charge in [-0.3, -0.25) is 0 Å². The second-order valence-electron chi connectivity index (χ2n) is 15.7. The van der Waals surface area contributed by atoms with E-state index in [-0.39, 0.29) is 51.1 Å². The molecule has 0 saturated heterocycles. The lowest BCUT2D eigenvalue weighted by molar-refractivity contribution is -0.280. The van der Waals surface area contributed by atoms with Crippen LogP contribution in [0.3, 0.4) is 0 Å². The van der Waals surface area contributed by atoms with Gasteiger partial charge in [0.2, 0.25) is 0 Å². The molecule has 3 heteroatoms. The number of hydrogen-bond acceptors (Lipinski definition) is 3. The molecule has 3 nitrogen and oxygen atoms in total. The van der Waals surface area contributed by atoms with E-state index in [4.69, 9.17) is 0 Å². The molecule has 5 saturated carbocycles. The highest BCUT2D eigenvalue weighted by Crippen LogP contribution is 2.78. The van der Waals surface area contributed by atoms with Crippen LogP contribution < -0.4 is 0 Å². The molecular weight excluding hydrogens is 408 g/mol. The first kappa shape index (κ1) is 24.6. The first-order valence-corrected chi connectivity index (χ1v) is 14.1. The zero-order valence-electron chi connectivity index (χ0n) is 22.7. The van der Waals surface area contributed by atoms with Crippen molar-refractivity contribution in [3.05, 3.63) is 0 Å². The van der Waals surface area contributed by atoms with Gasteiger partial charge in [0.05, 0.1) is 17.8 Å². The quantitative estimate of drug-likeness (QED) is 0.437. The molecule has 0 radical (unpaired) electrons. The summed E-state index contributed by atoms with van der Waals surface area (Å²) < 4.78 is 0. The summed E-state index contributed by atoms with van der Waals surface area (Å²) >= 11 is 0. The Balaban J connectivity index is 1.58. The van der Waals surface area contributed by atoms with Crippen LogP contribution in [0.2, 0.25) is 0 Å². The van der Waals surface area contributed by atoms with E-state index in [0.717, 1.165) is 25.7 Å². The molecule has 0 aliphatic heterocycles. The van der Waals surface area contributed by atoms with Crippen molar-refractivity contribution in [2.75, 3.05) is 0 Å². The van der Waals surface area contributed by atoms with E-state index in [1.165, 1.54) is 32.1 Å². The van der Waals surface area contributed by atoms with Gasteiger partial charge in [0.1, 0.15) is 0 Å². The molecule has 11 atom stereocenters. The third-order valence-corrected chi connectivity index (χ3v) is 13.4. The Hall–Kier alpha value is -0.120. The van der Waals surface area contributed by atoms with Crippen LogP contribution in [0.4, 0.5) is 0 Å². The Morgan fingerprint density at radius 3 is 1.82 bits per heavy atom. The van der Waals surface area contributed by atoms with Crippen molar-refractivity contribution in [1.29, 1.82) is 0 Å². The Morgan fingerprint density at radius 1 is 0.697 bits per heavy atom. The summed E-state index contributed by atoms with van der Waals surface area (Å²) in [5, 5.41) is 34.5. The molecule has 0 aromatic rings. The lowest BCUT2D eigenvalue weighted by Gasteiger charge is -2.74. The van der Waals surface area contributed by atoms with Crippen molar-refractivity contribution >= 4 is 0 Å². The summed E-state index contributed by atoms with van der Waals surface area (Å²) in [5.41, 5.74) is -0.245. The average Bonchev–Trinajstić information content (AvgIpc) is 3.00. The van der Waals surface area contributed by atoms with Crippen LogP contribution in [0.5, 0.6) is 0 Å². The minimum absolute atomic E-state index is 0.0195. The van der Waals surface area contributed by atoms with Gasteiger partial charge in [0, 0.05) is 0 Å². The molecule has 5 rings (SSSR count). The van der Waals surface area contributed by atoms with Gasteiger partial charge < -0.3 is 15.3 Å². The Kier molecular flexibility index (Phi) is 5.21. The fourth-order valence-electron chi connectivity index (χ4n) is 12.4. The van der Waals surface area contributed by atoms with E-state index in [2.05, 4.69) is 41.5 Å². The third kappa shape index (κ3) is 2.97. The maximum atomic E-state index is 11.8. The van der Waals surface area contributed by atoms with E-state index in [0.29, 0.717) is 17.8 Å². The van der Waals surface area contributed by atoms with Crippen molar-refractivity contribution in [2.45, 2.75) is 131 Å². The molecule has 5 aliphatic carbocycles. The van der Waals surface area contributed by atoms with Gasteiger partial charge in [0.15, 0.2) is 0 Å². The summed E-state index contributed by atoms with van der Waals surface area (Å²) in [4.78, 5) is 0. The molecule has 33 heavy (non-hydrogen) atoms. The molecule has 0 spiro atoms. The van der Waals surface area contributed by atoms with Gasteiger partial charge in [-0.2, -0.15) is 0 Å². The van der Waals surface area contributed by atoms with Gasteiger partial charge in [-0.05, 0) is 122 Å². The highest BCUT2D eigenvalue weighted by Gasteiger charge is 2.73. The monoisotopic (exact) mass is 460 g/mol. The number of hydrogen-bond donors (Lipinski definition) is 3. The number of aliphatic hydroxyl groups is 3. The van der Waals surface area contributed by atoms with Crippen LogP contribution in [-0.4, -0.2) is 33.1 Å². The fraction of sp³-hybridized carbons (Fsp3) is 1.00. The SMILES string of the molecule is CC(C)(O)C1CCC2(C)C1C(O)CC1(C)C2CCC2C3(C)CCCC(C)(C)C3C(O)CC21C. The van der Waals surface area contributed by atoms with E-state index in [1.54, 1.807) is 0 Å². The second kappa shape index (κ2) is 7.00. The minimum Gasteiger partial charge on any atom is -0.393 e. The lowest BCUT2D eigenvalue weighted by atomic mass is 9.31. The number of rotatable bonds is 1. The molecule has 5 aliphatic rings. The van der Waals surface area contributed by atoms with E-state index in [9.17, 15) is 15.3 Å². The summed E-state index contributed by atoms with van der Waals surface area (Å²) in [6, 6.07) is 0. The fourth-order valence-corrected chi connectivity index (χ4v) is 12.4. The molecule has 3 N–H and O–H groups in total. The molecule has 0 aromatic carbocycles. The molecule has 0 aromatic heterocycles. The van der Waals surface area contributed by atoms with Crippen LogP contribution in [0.25, 0.3) is 0 Å². The van der Waals surface area contributed by atoms with E-state index in [1.807, 2.05) is 13.8 Å². The lowest BCUT2D eigenvalue weighted by Crippen LogP contribution is -2.70. The smallest absolute Gasteiger partial charge is 0.0623 e. The van der Waals surface area contributed by atoms with E-state index < -0.39 is 5.60 Å². The Labute approximate surface area is 203 Å². The number of fused-ring (bicyclic) bond motifs is 7. The van der Waals surface area contributed by atoms with Gasteiger partial charge in [-0.15, -0.1) is 0 Å². The largest absolute Gasteiger partial charge is 0.393 e. The predicted molar refractivity (Wildman–Crippen MR) is 134 cm³/mol. The second-order valence-corrected chi connectivity index (χ2v) is 15.7. The zero-order valence-corrected chi connectivity index (χ0v) is 22.7. The topological polar surface area (TPSA) is 60.7 Å². The summed E-state index contributed by atoms with van der Waals surface area (Å²) in [7, 11) is 0. The van der Waals surface area contributed by atoms with Gasteiger partial charge in [-0.1, -0.05) is 48.0 Å². The van der Waals surface area contributed by atoms with Crippen LogP contribution in [0.15, 0.2) is 0 Å². The molecule has 190 valence electrons. The Morgan fingerprint density at radius 2 is 1.24 bits per heavy atom. The van der Waals surface area contributed by atoms with Crippen molar-refractivity contribution in [3.63, 3.8) is 0 Å². The normalized spacial score (nSPS) is 58.1.